The summed E-state index contributed by atoms with van der Waals surface area (Å²) in [6.45, 7) is 0. The second kappa shape index (κ2) is 10.3. The Labute approximate surface area is 193 Å². The molecule has 0 spiro atoms. The summed E-state index contributed by atoms with van der Waals surface area (Å²) in [5, 5.41) is 4.95. The standard InChI is InChI=1S/C22H15Cl3N2O4/c1-30-20-9-13(12-26-27-21(28)14-3-2-4-15(23)10-14)5-8-19(20)31-22(29)17-7-6-16(24)11-18(17)25/h2-12H,1H3,(H,27,28). The molecular weight excluding hydrogens is 463 g/mol. The fraction of sp³-hybridized carbons (Fsp3) is 0.0455. The van der Waals surface area contributed by atoms with Gasteiger partial charge in [0.1, 0.15) is 0 Å². The molecule has 0 aliphatic heterocycles. The number of hydrogen-bond donors (Lipinski definition) is 1. The van der Waals surface area contributed by atoms with Crippen LogP contribution in [0.25, 0.3) is 0 Å². The minimum Gasteiger partial charge on any atom is -0.493 e. The molecule has 0 unspecified atom stereocenters. The number of hydrazone groups is 1. The second-order valence-electron chi connectivity index (χ2n) is 6.13. The van der Waals surface area contributed by atoms with Gasteiger partial charge in [-0.1, -0.05) is 40.9 Å². The van der Waals surface area contributed by atoms with Gasteiger partial charge < -0.3 is 9.47 Å². The van der Waals surface area contributed by atoms with E-state index < -0.39 is 11.9 Å². The monoisotopic (exact) mass is 476 g/mol. The van der Waals surface area contributed by atoms with Crippen LogP contribution in [0.1, 0.15) is 26.3 Å². The molecule has 6 nitrogen and oxygen atoms in total. The number of nitrogens with zero attached hydrogens (tertiary/aromatic N) is 1. The van der Waals surface area contributed by atoms with Crippen molar-refractivity contribution in [1.82, 2.24) is 5.43 Å². The number of halogens is 3. The van der Waals surface area contributed by atoms with E-state index in [2.05, 4.69) is 10.5 Å². The zero-order valence-electron chi connectivity index (χ0n) is 16.1. The minimum atomic E-state index is -0.657. The van der Waals surface area contributed by atoms with Crippen molar-refractivity contribution in [3.05, 3.63) is 92.4 Å². The number of ether oxygens (including phenoxy) is 2. The topological polar surface area (TPSA) is 77.0 Å². The first-order valence-corrected chi connectivity index (χ1v) is 9.95. The molecule has 0 atom stereocenters. The molecule has 0 aromatic heterocycles. The van der Waals surface area contributed by atoms with Gasteiger partial charge in [0, 0.05) is 15.6 Å². The zero-order chi connectivity index (χ0) is 22.4. The van der Waals surface area contributed by atoms with Crippen LogP contribution in [0.15, 0.2) is 65.8 Å². The molecule has 0 saturated carbocycles. The third kappa shape index (κ3) is 5.98. The predicted molar refractivity (Wildman–Crippen MR) is 121 cm³/mol. The summed E-state index contributed by atoms with van der Waals surface area (Å²) in [6.07, 6.45) is 1.42. The molecule has 1 amide bonds. The SMILES string of the molecule is COc1cc(C=NNC(=O)c2cccc(Cl)c2)ccc1OC(=O)c1ccc(Cl)cc1Cl. The van der Waals surface area contributed by atoms with Crippen molar-refractivity contribution in [3.8, 4) is 11.5 Å². The van der Waals surface area contributed by atoms with Crippen LogP contribution in [-0.2, 0) is 0 Å². The fourth-order valence-electron chi connectivity index (χ4n) is 2.52. The van der Waals surface area contributed by atoms with Crippen LogP contribution >= 0.6 is 34.8 Å². The number of hydrogen-bond acceptors (Lipinski definition) is 5. The Morgan fingerprint density at radius 2 is 1.71 bits per heavy atom. The number of benzene rings is 3. The molecule has 0 heterocycles. The highest BCUT2D eigenvalue weighted by molar-refractivity contribution is 6.36. The number of nitrogens with one attached hydrogen (secondary N) is 1. The molecule has 0 bridgehead atoms. The Balaban J connectivity index is 1.70. The van der Waals surface area contributed by atoms with Gasteiger partial charge in [-0.05, 0) is 60.2 Å². The molecule has 1 N–H and O–H groups in total. The number of rotatable bonds is 6. The highest BCUT2D eigenvalue weighted by atomic mass is 35.5. The van der Waals surface area contributed by atoms with Crippen molar-refractivity contribution < 1.29 is 19.1 Å². The average Bonchev–Trinajstić information content (AvgIpc) is 2.74. The van der Waals surface area contributed by atoms with Crippen LogP contribution in [-0.4, -0.2) is 25.2 Å². The quantitative estimate of drug-likeness (QED) is 0.216. The number of esters is 1. The van der Waals surface area contributed by atoms with E-state index in [0.29, 0.717) is 26.9 Å². The molecule has 3 aromatic carbocycles. The van der Waals surface area contributed by atoms with Crippen LogP contribution in [0.4, 0.5) is 0 Å². The van der Waals surface area contributed by atoms with Gasteiger partial charge in [0.25, 0.3) is 5.91 Å². The van der Waals surface area contributed by atoms with Gasteiger partial charge >= 0.3 is 5.97 Å². The molecule has 158 valence electrons. The number of carbonyl (C=O) groups excluding carboxylic acids is 2. The lowest BCUT2D eigenvalue weighted by atomic mass is 10.2. The van der Waals surface area contributed by atoms with E-state index in [1.54, 1.807) is 42.5 Å². The summed E-state index contributed by atoms with van der Waals surface area (Å²) in [5.74, 6) is -0.575. The highest BCUT2D eigenvalue weighted by Gasteiger charge is 2.16. The maximum atomic E-state index is 12.4. The molecule has 31 heavy (non-hydrogen) atoms. The first kappa shape index (κ1) is 22.6. The Kier molecular flexibility index (Phi) is 7.52. The van der Waals surface area contributed by atoms with E-state index in [9.17, 15) is 9.59 Å². The molecule has 9 heteroatoms. The van der Waals surface area contributed by atoms with E-state index in [1.807, 2.05) is 0 Å². The van der Waals surface area contributed by atoms with Crippen LogP contribution in [0.5, 0.6) is 11.5 Å². The van der Waals surface area contributed by atoms with Gasteiger partial charge in [0.2, 0.25) is 0 Å². The van der Waals surface area contributed by atoms with Gasteiger partial charge in [-0.2, -0.15) is 5.10 Å². The molecule has 3 rings (SSSR count). The summed E-state index contributed by atoms with van der Waals surface area (Å²) in [4.78, 5) is 24.5. The van der Waals surface area contributed by atoms with E-state index in [1.165, 1.54) is 31.5 Å². The maximum Gasteiger partial charge on any atom is 0.345 e. The Bertz CT molecular complexity index is 1170. The van der Waals surface area contributed by atoms with E-state index in [-0.39, 0.29) is 16.3 Å². The van der Waals surface area contributed by atoms with Gasteiger partial charge in [-0.25, -0.2) is 10.2 Å². The van der Waals surface area contributed by atoms with Gasteiger partial charge in [-0.3, -0.25) is 4.79 Å². The van der Waals surface area contributed by atoms with E-state index >= 15 is 0 Å². The van der Waals surface area contributed by atoms with Crippen molar-refractivity contribution in [2.75, 3.05) is 7.11 Å². The van der Waals surface area contributed by atoms with Gasteiger partial charge in [-0.15, -0.1) is 0 Å². The first-order chi connectivity index (χ1) is 14.9. The number of carbonyl (C=O) groups is 2. The van der Waals surface area contributed by atoms with Gasteiger partial charge in [0.05, 0.1) is 23.9 Å². The predicted octanol–water partition coefficient (Wildman–Crippen LogP) is 5.64. The summed E-state index contributed by atoms with van der Waals surface area (Å²) in [7, 11) is 1.43. The molecule has 3 aromatic rings. The van der Waals surface area contributed by atoms with E-state index in [0.717, 1.165) is 0 Å². The van der Waals surface area contributed by atoms with Crippen molar-refractivity contribution in [2.24, 2.45) is 5.10 Å². The summed E-state index contributed by atoms with van der Waals surface area (Å²) in [5.41, 5.74) is 3.56. The third-order valence-electron chi connectivity index (χ3n) is 4.01. The first-order valence-electron chi connectivity index (χ1n) is 8.81. The van der Waals surface area contributed by atoms with Crippen LogP contribution in [0.2, 0.25) is 15.1 Å². The van der Waals surface area contributed by atoms with Crippen LogP contribution in [0, 0.1) is 0 Å². The Morgan fingerprint density at radius 1 is 0.935 bits per heavy atom. The molecule has 0 aliphatic carbocycles. The highest BCUT2D eigenvalue weighted by Crippen LogP contribution is 2.30. The van der Waals surface area contributed by atoms with Crippen LogP contribution in [0.3, 0.4) is 0 Å². The van der Waals surface area contributed by atoms with Crippen molar-refractivity contribution >= 4 is 52.9 Å². The molecule has 0 aliphatic rings. The number of amides is 1. The van der Waals surface area contributed by atoms with Crippen molar-refractivity contribution in [3.63, 3.8) is 0 Å². The Hall–Kier alpha value is -3.06. The Morgan fingerprint density at radius 3 is 2.42 bits per heavy atom. The third-order valence-corrected chi connectivity index (χ3v) is 4.79. The molecule has 0 radical (unpaired) electrons. The molecule has 0 saturated heterocycles. The largest absolute Gasteiger partial charge is 0.493 e. The fourth-order valence-corrected chi connectivity index (χ4v) is 3.19. The summed E-state index contributed by atoms with van der Waals surface area (Å²) >= 11 is 17.8. The minimum absolute atomic E-state index is 0.169. The number of methoxy groups -OCH3 is 1. The van der Waals surface area contributed by atoms with Gasteiger partial charge in [0.15, 0.2) is 11.5 Å². The molecule has 0 fully saturated rings. The molecular formula is C22H15Cl3N2O4. The normalized spacial score (nSPS) is 10.7. The van der Waals surface area contributed by atoms with Crippen molar-refractivity contribution in [1.29, 1.82) is 0 Å². The smallest absolute Gasteiger partial charge is 0.345 e. The second-order valence-corrected chi connectivity index (χ2v) is 7.41. The van der Waals surface area contributed by atoms with E-state index in [4.69, 9.17) is 44.3 Å². The summed E-state index contributed by atoms with van der Waals surface area (Å²) < 4.78 is 10.7. The zero-order valence-corrected chi connectivity index (χ0v) is 18.3. The lowest BCUT2D eigenvalue weighted by molar-refractivity contribution is 0.0729. The lowest BCUT2D eigenvalue weighted by Crippen LogP contribution is -2.17. The summed E-state index contributed by atoms with van der Waals surface area (Å²) in [6, 6.07) is 15.7. The van der Waals surface area contributed by atoms with Crippen molar-refractivity contribution in [2.45, 2.75) is 0 Å². The lowest BCUT2D eigenvalue weighted by Gasteiger charge is -2.10. The van der Waals surface area contributed by atoms with Crippen LogP contribution < -0.4 is 14.9 Å². The average molecular weight is 478 g/mol. The maximum absolute atomic E-state index is 12.4.